The van der Waals surface area contributed by atoms with Gasteiger partial charge in [0.2, 0.25) is 5.91 Å². The number of nitrogens with zero attached hydrogens (tertiary/aromatic N) is 3. The summed E-state index contributed by atoms with van der Waals surface area (Å²) >= 11 is 5.54. The van der Waals surface area contributed by atoms with Gasteiger partial charge in [-0.2, -0.15) is 4.98 Å². The predicted molar refractivity (Wildman–Crippen MR) is 111 cm³/mol. The second-order valence-electron chi connectivity index (χ2n) is 6.88. The first-order valence-electron chi connectivity index (χ1n) is 9.10. The molecule has 0 radical (unpaired) electrons. The summed E-state index contributed by atoms with van der Waals surface area (Å²) in [4.78, 5) is 16.1. The maximum atomic E-state index is 11.5. The van der Waals surface area contributed by atoms with E-state index in [1.807, 2.05) is 43.3 Å². The van der Waals surface area contributed by atoms with E-state index in [0.717, 1.165) is 16.8 Å². The van der Waals surface area contributed by atoms with Crippen LogP contribution in [0.4, 0.5) is 5.69 Å². The van der Waals surface area contributed by atoms with Gasteiger partial charge in [0.05, 0.1) is 12.3 Å². The van der Waals surface area contributed by atoms with Crippen LogP contribution in [0.3, 0.4) is 0 Å². The van der Waals surface area contributed by atoms with Crippen molar-refractivity contribution < 1.29 is 9.53 Å². The van der Waals surface area contributed by atoms with Gasteiger partial charge in [-0.3, -0.25) is 4.79 Å². The van der Waals surface area contributed by atoms with Crippen LogP contribution >= 0.6 is 11.6 Å². The Hall–Kier alpha value is -2.86. The number of hydrogen-bond acceptors (Lipinski definition) is 4. The van der Waals surface area contributed by atoms with Crippen molar-refractivity contribution >= 4 is 23.2 Å². The lowest BCUT2D eigenvalue weighted by atomic mass is 10.1. The van der Waals surface area contributed by atoms with E-state index in [2.05, 4.69) is 29.2 Å². The highest BCUT2D eigenvalue weighted by atomic mass is 35.5. The lowest BCUT2D eigenvalue weighted by Crippen LogP contribution is -2.12. The summed E-state index contributed by atoms with van der Waals surface area (Å²) < 4.78 is 7.50. The Morgan fingerprint density at radius 3 is 2.54 bits per heavy atom. The molecule has 146 valence electrons. The zero-order valence-electron chi connectivity index (χ0n) is 16.1. The van der Waals surface area contributed by atoms with E-state index in [0.29, 0.717) is 30.0 Å². The molecule has 1 aromatic heterocycles. The third kappa shape index (κ3) is 4.70. The molecule has 2 aromatic carbocycles. The lowest BCUT2D eigenvalue weighted by molar-refractivity contribution is -0.113. The minimum Gasteiger partial charge on any atom is -0.462 e. The van der Waals surface area contributed by atoms with E-state index in [-0.39, 0.29) is 11.8 Å². The molecule has 0 atom stereocenters. The summed E-state index contributed by atoms with van der Waals surface area (Å²) in [6.07, 6.45) is 0. The number of amides is 1. The Kier molecular flexibility index (Phi) is 6.31. The van der Waals surface area contributed by atoms with Crippen LogP contribution in [0, 0.1) is 12.8 Å². The van der Waals surface area contributed by atoms with Crippen molar-refractivity contribution in [2.75, 3.05) is 17.8 Å². The third-order valence-electron chi connectivity index (χ3n) is 4.04. The van der Waals surface area contributed by atoms with Crippen molar-refractivity contribution in [1.82, 2.24) is 14.8 Å². The predicted octanol–water partition coefficient (Wildman–Crippen LogP) is 4.45. The molecule has 1 N–H and O–H groups in total. The molecular weight excluding hydrogens is 376 g/mol. The normalized spacial score (nSPS) is 10.9. The minimum absolute atomic E-state index is 0.0845. The molecule has 7 heteroatoms. The van der Waals surface area contributed by atoms with Gasteiger partial charge in [0.25, 0.3) is 0 Å². The van der Waals surface area contributed by atoms with Gasteiger partial charge in [-0.1, -0.05) is 38.1 Å². The van der Waals surface area contributed by atoms with Gasteiger partial charge < -0.3 is 10.1 Å². The van der Waals surface area contributed by atoms with Crippen LogP contribution in [0.5, 0.6) is 6.01 Å². The largest absolute Gasteiger partial charge is 0.462 e. The van der Waals surface area contributed by atoms with Crippen molar-refractivity contribution in [1.29, 1.82) is 0 Å². The Morgan fingerprint density at radius 2 is 1.89 bits per heavy atom. The maximum Gasteiger partial charge on any atom is 0.336 e. The van der Waals surface area contributed by atoms with Gasteiger partial charge in [0.1, 0.15) is 5.88 Å². The SMILES string of the molecule is Cc1ccccc1-c1nc(OCC(C)C)nn1-c1ccc(NC(=O)CCl)cc1. The molecule has 0 aliphatic carbocycles. The van der Waals surface area contributed by atoms with Gasteiger partial charge >= 0.3 is 6.01 Å². The van der Waals surface area contributed by atoms with Gasteiger partial charge in [0.15, 0.2) is 5.82 Å². The molecule has 3 rings (SSSR count). The minimum atomic E-state index is -0.250. The fraction of sp³-hybridized carbons (Fsp3) is 0.286. The molecule has 0 aliphatic heterocycles. The summed E-state index contributed by atoms with van der Waals surface area (Å²) in [7, 11) is 0. The number of nitrogens with one attached hydrogen (secondary N) is 1. The Morgan fingerprint density at radius 1 is 1.18 bits per heavy atom. The topological polar surface area (TPSA) is 69.0 Å². The van der Waals surface area contributed by atoms with E-state index in [9.17, 15) is 4.79 Å². The molecule has 28 heavy (non-hydrogen) atoms. The quantitative estimate of drug-likeness (QED) is 0.597. The number of alkyl halides is 1. The Bertz CT molecular complexity index is 951. The molecule has 3 aromatic rings. The van der Waals surface area contributed by atoms with Crippen molar-refractivity contribution in [2.24, 2.45) is 5.92 Å². The summed E-state index contributed by atoms with van der Waals surface area (Å²) in [5, 5.41) is 7.27. The highest BCUT2D eigenvalue weighted by molar-refractivity contribution is 6.29. The zero-order valence-corrected chi connectivity index (χ0v) is 16.9. The van der Waals surface area contributed by atoms with Crippen molar-refractivity contribution in [3.63, 3.8) is 0 Å². The van der Waals surface area contributed by atoms with Crippen LogP contribution in [0.15, 0.2) is 48.5 Å². The van der Waals surface area contributed by atoms with E-state index in [1.165, 1.54) is 0 Å². The fourth-order valence-corrected chi connectivity index (χ4v) is 2.72. The number of benzene rings is 2. The Labute approximate surface area is 169 Å². The van der Waals surface area contributed by atoms with Crippen LogP contribution in [-0.4, -0.2) is 33.2 Å². The number of hydrogen-bond donors (Lipinski definition) is 1. The lowest BCUT2D eigenvalue weighted by Gasteiger charge is -2.09. The number of anilines is 1. The highest BCUT2D eigenvalue weighted by Gasteiger charge is 2.16. The molecule has 1 heterocycles. The number of aromatic nitrogens is 3. The fourth-order valence-electron chi connectivity index (χ4n) is 2.65. The van der Waals surface area contributed by atoms with E-state index < -0.39 is 0 Å². The molecule has 1 amide bonds. The van der Waals surface area contributed by atoms with Crippen molar-refractivity contribution in [3.8, 4) is 23.1 Å². The van der Waals surface area contributed by atoms with Gasteiger partial charge in [-0.25, -0.2) is 4.68 Å². The van der Waals surface area contributed by atoms with Gasteiger partial charge in [-0.05, 0) is 42.7 Å². The second kappa shape index (κ2) is 8.89. The summed E-state index contributed by atoms with van der Waals surface area (Å²) in [5.74, 6) is 0.743. The summed E-state index contributed by atoms with van der Waals surface area (Å²) in [5.41, 5.74) is 3.56. The Balaban J connectivity index is 1.98. The molecule has 0 aliphatic rings. The molecule has 0 unspecified atom stereocenters. The number of carbonyl (C=O) groups is 1. The average Bonchev–Trinajstić information content (AvgIpc) is 3.11. The van der Waals surface area contributed by atoms with Gasteiger partial charge in [0, 0.05) is 11.3 Å². The van der Waals surface area contributed by atoms with Crippen molar-refractivity contribution in [2.45, 2.75) is 20.8 Å². The van der Waals surface area contributed by atoms with Crippen LogP contribution in [0.1, 0.15) is 19.4 Å². The van der Waals surface area contributed by atoms with E-state index in [1.54, 1.807) is 16.8 Å². The summed E-state index contributed by atoms with van der Waals surface area (Å²) in [6, 6.07) is 15.7. The number of halogens is 1. The molecular formula is C21H23ClN4O2. The number of aryl methyl sites for hydroxylation is 1. The summed E-state index contributed by atoms with van der Waals surface area (Å²) in [6.45, 7) is 6.73. The zero-order chi connectivity index (χ0) is 20.1. The van der Waals surface area contributed by atoms with Crippen LogP contribution in [-0.2, 0) is 4.79 Å². The van der Waals surface area contributed by atoms with Crippen LogP contribution in [0.2, 0.25) is 0 Å². The number of carbonyl (C=O) groups excluding carboxylic acids is 1. The first kappa shape index (κ1) is 19.9. The average molecular weight is 399 g/mol. The van der Waals surface area contributed by atoms with Gasteiger partial charge in [-0.15, -0.1) is 16.7 Å². The number of rotatable bonds is 7. The third-order valence-corrected chi connectivity index (χ3v) is 4.28. The molecule has 0 fully saturated rings. The molecule has 0 saturated carbocycles. The standard InChI is InChI=1S/C21H23ClN4O2/c1-14(2)13-28-21-24-20(18-7-5-4-6-15(18)3)26(25-21)17-10-8-16(9-11-17)23-19(27)12-22/h4-11,14H,12-13H2,1-3H3,(H,23,27). The molecule has 0 spiro atoms. The van der Waals surface area contributed by atoms with E-state index in [4.69, 9.17) is 16.3 Å². The molecule has 0 bridgehead atoms. The first-order chi connectivity index (χ1) is 13.5. The van der Waals surface area contributed by atoms with Crippen LogP contribution in [0.25, 0.3) is 17.1 Å². The van der Waals surface area contributed by atoms with Crippen LogP contribution < -0.4 is 10.1 Å². The molecule has 6 nitrogen and oxygen atoms in total. The first-order valence-corrected chi connectivity index (χ1v) is 9.63. The maximum absolute atomic E-state index is 11.5. The van der Waals surface area contributed by atoms with E-state index >= 15 is 0 Å². The highest BCUT2D eigenvalue weighted by Crippen LogP contribution is 2.27. The smallest absolute Gasteiger partial charge is 0.336 e. The molecule has 0 saturated heterocycles. The monoisotopic (exact) mass is 398 g/mol. The number of ether oxygens (including phenoxy) is 1. The second-order valence-corrected chi connectivity index (χ2v) is 7.15. The van der Waals surface area contributed by atoms with Crippen molar-refractivity contribution in [3.05, 3.63) is 54.1 Å².